The van der Waals surface area contributed by atoms with Gasteiger partial charge in [0.05, 0.1) is 6.61 Å². The van der Waals surface area contributed by atoms with Gasteiger partial charge in [0, 0.05) is 19.4 Å². The summed E-state index contributed by atoms with van der Waals surface area (Å²) in [6.07, 6.45) is 4.34. The highest BCUT2D eigenvalue weighted by atomic mass is 32.2. The number of hydrogen-bond acceptors (Lipinski definition) is 6. The molecule has 0 heterocycles. The fraction of sp³-hybridized carbons (Fsp3) is 0.810. The molecule has 3 unspecified atom stereocenters. The number of thioether (sulfide) groups is 1. The van der Waals surface area contributed by atoms with Crippen LogP contribution in [0.25, 0.3) is 0 Å². The first kappa shape index (κ1) is 33.0. The monoisotopic (exact) mass is 449 g/mol. The third-order valence-electron chi connectivity index (χ3n) is 3.71. The van der Waals surface area contributed by atoms with Gasteiger partial charge in [-0.1, -0.05) is 34.6 Å². The van der Waals surface area contributed by atoms with E-state index < -0.39 is 12.1 Å². The van der Waals surface area contributed by atoms with Crippen LogP contribution in [0.2, 0.25) is 0 Å². The molecule has 3 amide bonds. The number of carbonyl (C=O) groups excluding carboxylic acids is 4. The molecule has 9 heteroatoms. The molecule has 0 saturated carbocycles. The van der Waals surface area contributed by atoms with E-state index in [2.05, 4.69) is 29.8 Å². The Morgan fingerprint density at radius 1 is 1.07 bits per heavy atom. The molecule has 0 bridgehead atoms. The van der Waals surface area contributed by atoms with Gasteiger partial charge >= 0.3 is 0 Å². The van der Waals surface area contributed by atoms with Crippen molar-refractivity contribution in [3.05, 3.63) is 0 Å². The maximum absolute atomic E-state index is 12.0. The highest BCUT2D eigenvalue weighted by Gasteiger charge is 2.20. The van der Waals surface area contributed by atoms with Crippen molar-refractivity contribution < 1.29 is 24.3 Å². The Morgan fingerprint density at radius 2 is 1.63 bits per heavy atom. The van der Waals surface area contributed by atoms with Gasteiger partial charge < -0.3 is 21.1 Å². The van der Waals surface area contributed by atoms with Crippen molar-refractivity contribution in [1.82, 2.24) is 16.0 Å². The molecule has 0 aromatic carbocycles. The van der Waals surface area contributed by atoms with Crippen molar-refractivity contribution in [3.8, 4) is 0 Å². The Hall–Kier alpha value is -1.61. The molecular weight excluding hydrogens is 406 g/mol. The van der Waals surface area contributed by atoms with Gasteiger partial charge in [-0.3, -0.25) is 19.2 Å². The number of carbonyl (C=O) groups is 4. The number of amides is 3. The first-order valence-electron chi connectivity index (χ1n) is 10.5. The Labute approximate surface area is 186 Å². The zero-order valence-electron chi connectivity index (χ0n) is 19.9. The lowest BCUT2D eigenvalue weighted by Gasteiger charge is -2.21. The third-order valence-corrected chi connectivity index (χ3v) is 4.35. The molecule has 0 aromatic heterocycles. The van der Waals surface area contributed by atoms with E-state index in [9.17, 15) is 19.2 Å². The standard InChI is InChI=1S/C13H26N2O2S.C6H11NO3.C2H6/c1-9(2)8-10(3)14-13(17)12(6-7-18-5)15-11(4)16;1-2-6(10)5(3-8)7-4-9;1-2/h9-10,12H,6-8H2,1-5H3,(H,14,17)(H,15,16);4-5,8H,2-3H2,1H3,(H,7,9);1-2H3. The van der Waals surface area contributed by atoms with Crippen molar-refractivity contribution in [2.24, 2.45) is 5.92 Å². The van der Waals surface area contributed by atoms with E-state index in [-0.39, 0.29) is 30.2 Å². The molecule has 30 heavy (non-hydrogen) atoms. The van der Waals surface area contributed by atoms with Crippen LogP contribution in [0, 0.1) is 5.92 Å². The second kappa shape index (κ2) is 22.1. The van der Waals surface area contributed by atoms with E-state index in [0.29, 0.717) is 25.2 Å². The van der Waals surface area contributed by atoms with E-state index in [1.165, 1.54) is 6.92 Å². The molecule has 0 aliphatic heterocycles. The van der Waals surface area contributed by atoms with Crippen LogP contribution in [0.1, 0.15) is 67.7 Å². The third kappa shape index (κ3) is 19.7. The number of ketones is 1. The molecule has 4 N–H and O–H groups in total. The van der Waals surface area contributed by atoms with Crippen molar-refractivity contribution in [3.63, 3.8) is 0 Å². The molecule has 0 saturated heterocycles. The SMILES string of the molecule is CC.CCC(=O)C(CO)NC=O.CSCCC(NC(C)=O)C(=O)NC(C)CC(C)C. The van der Waals surface area contributed by atoms with Gasteiger partial charge in [0.2, 0.25) is 18.2 Å². The van der Waals surface area contributed by atoms with Gasteiger partial charge in [-0.05, 0) is 37.7 Å². The van der Waals surface area contributed by atoms with Crippen molar-refractivity contribution in [2.45, 2.75) is 85.9 Å². The topological polar surface area (TPSA) is 125 Å². The average molecular weight is 450 g/mol. The molecule has 0 spiro atoms. The Morgan fingerprint density at radius 3 is 2.00 bits per heavy atom. The van der Waals surface area contributed by atoms with Crippen LogP contribution in [0.4, 0.5) is 0 Å². The van der Waals surface area contributed by atoms with E-state index in [1.807, 2.05) is 27.0 Å². The summed E-state index contributed by atoms with van der Waals surface area (Å²) in [6.45, 7) is 13.0. The minimum Gasteiger partial charge on any atom is -0.394 e. The van der Waals surface area contributed by atoms with Crippen molar-refractivity contribution >= 4 is 35.8 Å². The first-order chi connectivity index (χ1) is 14.1. The normalized spacial score (nSPS) is 12.7. The second-order valence-corrected chi connectivity index (χ2v) is 7.90. The summed E-state index contributed by atoms with van der Waals surface area (Å²) < 4.78 is 0. The number of aliphatic hydroxyl groups is 1. The fourth-order valence-electron chi connectivity index (χ4n) is 2.44. The summed E-state index contributed by atoms with van der Waals surface area (Å²) in [5.74, 6) is 1.01. The van der Waals surface area contributed by atoms with E-state index >= 15 is 0 Å². The summed E-state index contributed by atoms with van der Waals surface area (Å²) in [7, 11) is 0. The zero-order valence-corrected chi connectivity index (χ0v) is 20.7. The van der Waals surface area contributed by atoms with Crippen molar-refractivity contribution in [2.75, 3.05) is 18.6 Å². The minimum atomic E-state index is -0.720. The number of hydrogen-bond donors (Lipinski definition) is 4. The number of aliphatic hydroxyl groups excluding tert-OH is 1. The van der Waals surface area contributed by atoms with Crippen LogP contribution in [0.5, 0.6) is 0 Å². The average Bonchev–Trinajstić information content (AvgIpc) is 2.69. The number of nitrogens with one attached hydrogen (secondary N) is 3. The van der Waals surface area contributed by atoms with Gasteiger partial charge in [-0.25, -0.2) is 0 Å². The van der Waals surface area contributed by atoms with E-state index in [4.69, 9.17) is 5.11 Å². The largest absolute Gasteiger partial charge is 0.394 e. The molecule has 0 aromatic rings. The molecule has 0 aliphatic carbocycles. The summed E-state index contributed by atoms with van der Waals surface area (Å²) >= 11 is 1.67. The lowest BCUT2D eigenvalue weighted by Crippen LogP contribution is -2.49. The zero-order chi connectivity index (χ0) is 24.1. The summed E-state index contributed by atoms with van der Waals surface area (Å²) in [5.41, 5.74) is 0. The molecule has 0 fully saturated rings. The van der Waals surface area contributed by atoms with Gasteiger partial charge in [-0.2, -0.15) is 11.8 Å². The van der Waals surface area contributed by atoms with Crippen LogP contribution < -0.4 is 16.0 Å². The van der Waals surface area contributed by atoms with Crippen LogP contribution >= 0.6 is 11.8 Å². The lowest BCUT2D eigenvalue weighted by atomic mass is 10.0. The quantitative estimate of drug-likeness (QED) is 0.318. The number of rotatable bonds is 13. The molecule has 0 aliphatic rings. The molecular formula is C21H43N3O5S. The van der Waals surface area contributed by atoms with E-state index in [0.717, 1.165) is 12.2 Å². The molecule has 8 nitrogen and oxygen atoms in total. The molecule has 178 valence electrons. The fourth-order valence-corrected chi connectivity index (χ4v) is 2.91. The van der Waals surface area contributed by atoms with Crippen LogP contribution in [-0.2, 0) is 19.2 Å². The summed E-state index contributed by atoms with van der Waals surface area (Å²) in [6, 6.07) is -0.991. The lowest BCUT2D eigenvalue weighted by molar-refractivity contribution is -0.128. The smallest absolute Gasteiger partial charge is 0.242 e. The first-order valence-corrected chi connectivity index (χ1v) is 11.9. The molecule has 3 atom stereocenters. The van der Waals surface area contributed by atoms with Gasteiger partial charge in [-0.15, -0.1) is 0 Å². The van der Waals surface area contributed by atoms with Gasteiger partial charge in [0.25, 0.3) is 0 Å². The molecule has 0 rings (SSSR count). The predicted octanol–water partition coefficient (Wildman–Crippen LogP) is 1.89. The van der Waals surface area contributed by atoms with Crippen LogP contribution in [-0.4, -0.2) is 65.9 Å². The highest BCUT2D eigenvalue weighted by Crippen LogP contribution is 2.06. The van der Waals surface area contributed by atoms with Crippen molar-refractivity contribution in [1.29, 1.82) is 0 Å². The molecule has 0 radical (unpaired) electrons. The highest BCUT2D eigenvalue weighted by molar-refractivity contribution is 7.98. The Bertz CT molecular complexity index is 476. The minimum absolute atomic E-state index is 0.0765. The van der Waals surface area contributed by atoms with Crippen LogP contribution in [0.15, 0.2) is 0 Å². The second-order valence-electron chi connectivity index (χ2n) is 6.91. The number of Topliss-reactive ketones (excluding diaryl/α,β-unsaturated/α-hetero) is 1. The van der Waals surface area contributed by atoms with Gasteiger partial charge in [0.1, 0.15) is 12.1 Å². The maximum Gasteiger partial charge on any atom is 0.242 e. The Balaban J connectivity index is -0.000000514. The maximum atomic E-state index is 12.0. The Kier molecular flexibility index (Phi) is 24.3. The van der Waals surface area contributed by atoms with E-state index in [1.54, 1.807) is 18.7 Å². The summed E-state index contributed by atoms with van der Waals surface area (Å²) in [4.78, 5) is 43.7. The van der Waals surface area contributed by atoms with Gasteiger partial charge in [0.15, 0.2) is 5.78 Å². The predicted molar refractivity (Wildman–Crippen MR) is 124 cm³/mol. The summed E-state index contributed by atoms with van der Waals surface area (Å²) in [5, 5.41) is 16.4. The van der Waals surface area contributed by atoms with Crippen LogP contribution in [0.3, 0.4) is 0 Å².